The molecule has 1 aromatic rings. The Balaban J connectivity index is 2.59. The molecule has 3 heteroatoms. The van der Waals surface area contributed by atoms with E-state index in [0.29, 0.717) is 11.5 Å². The Hall–Kier alpha value is -0.960. The zero-order chi connectivity index (χ0) is 11.7. The highest BCUT2D eigenvalue weighted by Crippen LogP contribution is 2.46. The van der Waals surface area contributed by atoms with Gasteiger partial charge in [0.2, 0.25) is 0 Å². The lowest BCUT2D eigenvalue weighted by molar-refractivity contribution is 0.0695. The fourth-order valence-electron chi connectivity index (χ4n) is 2.13. The van der Waals surface area contributed by atoms with Gasteiger partial charge in [0.15, 0.2) is 0 Å². The number of rotatable bonds is 4. The molecule has 0 amide bonds. The average Bonchev–Trinajstić information content (AvgIpc) is 3.10. The molecule has 1 N–H and O–H groups in total. The van der Waals surface area contributed by atoms with E-state index in [2.05, 4.69) is 6.92 Å². The smallest absolute Gasteiger partial charge is 0.336 e. The van der Waals surface area contributed by atoms with Gasteiger partial charge in [0.1, 0.15) is 0 Å². The van der Waals surface area contributed by atoms with E-state index in [1.54, 1.807) is 17.8 Å². The molecular formula is C13H16O2S. The molecule has 2 nitrogen and oxygen atoms in total. The van der Waals surface area contributed by atoms with Gasteiger partial charge in [0, 0.05) is 4.90 Å². The molecule has 16 heavy (non-hydrogen) atoms. The standard InChI is InChI=1S/C13H16O2S/c1-3-8-6-7-10(13(14)15)11(9-4-5-9)12(8)16-2/h6-7,9H,3-5H2,1-2H3,(H,14,15). The highest BCUT2D eigenvalue weighted by Gasteiger charge is 2.31. The number of carbonyl (C=O) groups is 1. The minimum absolute atomic E-state index is 0.486. The van der Waals surface area contributed by atoms with Crippen molar-refractivity contribution in [2.45, 2.75) is 37.0 Å². The maximum Gasteiger partial charge on any atom is 0.336 e. The summed E-state index contributed by atoms with van der Waals surface area (Å²) >= 11 is 1.68. The zero-order valence-electron chi connectivity index (χ0n) is 9.62. The summed E-state index contributed by atoms with van der Waals surface area (Å²) in [6, 6.07) is 3.73. The molecule has 0 aromatic heterocycles. The first-order valence-corrected chi connectivity index (χ1v) is 6.84. The maximum absolute atomic E-state index is 11.2. The van der Waals surface area contributed by atoms with E-state index < -0.39 is 5.97 Å². The van der Waals surface area contributed by atoms with Gasteiger partial charge < -0.3 is 5.11 Å². The molecule has 1 fully saturated rings. The number of hydrogen-bond donors (Lipinski definition) is 1. The molecule has 0 heterocycles. The van der Waals surface area contributed by atoms with Gasteiger partial charge in [-0.1, -0.05) is 13.0 Å². The summed E-state index contributed by atoms with van der Waals surface area (Å²) in [5.74, 6) is -0.306. The summed E-state index contributed by atoms with van der Waals surface area (Å²) in [5.41, 5.74) is 2.86. The van der Waals surface area contributed by atoms with Gasteiger partial charge in [-0.2, -0.15) is 0 Å². The molecular weight excluding hydrogens is 220 g/mol. The van der Waals surface area contributed by atoms with E-state index in [1.165, 1.54) is 10.5 Å². The third kappa shape index (κ3) is 1.96. The van der Waals surface area contributed by atoms with Crippen LogP contribution in [-0.2, 0) is 6.42 Å². The van der Waals surface area contributed by atoms with Crippen molar-refractivity contribution in [3.05, 3.63) is 28.8 Å². The SMILES string of the molecule is CCc1ccc(C(=O)O)c(C2CC2)c1SC. The van der Waals surface area contributed by atoms with E-state index in [4.69, 9.17) is 0 Å². The van der Waals surface area contributed by atoms with Crippen molar-refractivity contribution in [1.29, 1.82) is 0 Å². The minimum Gasteiger partial charge on any atom is -0.478 e. The first-order valence-electron chi connectivity index (χ1n) is 5.62. The van der Waals surface area contributed by atoms with E-state index in [0.717, 1.165) is 24.8 Å². The summed E-state index contributed by atoms with van der Waals surface area (Å²) < 4.78 is 0. The summed E-state index contributed by atoms with van der Waals surface area (Å²) in [6.45, 7) is 2.12. The van der Waals surface area contributed by atoms with Crippen LogP contribution < -0.4 is 0 Å². The zero-order valence-corrected chi connectivity index (χ0v) is 10.4. The molecule has 0 radical (unpaired) electrons. The first-order chi connectivity index (χ1) is 7.69. The summed E-state index contributed by atoms with van der Waals surface area (Å²) in [5, 5.41) is 9.22. The van der Waals surface area contributed by atoms with Crippen LogP contribution in [0.1, 0.15) is 47.2 Å². The molecule has 0 aliphatic heterocycles. The Bertz CT molecular complexity index is 422. The number of hydrogen-bond acceptors (Lipinski definition) is 2. The second-order valence-electron chi connectivity index (χ2n) is 4.15. The minimum atomic E-state index is -0.792. The van der Waals surface area contributed by atoms with E-state index in [-0.39, 0.29) is 0 Å². The van der Waals surface area contributed by atoms with Crippen molar-refractivity contribution in [2.24, 2.45) is 0 Å². The van der Waals surface area contributed by atoms with E-state index >= 15 is 0 Å². The van der Waals surface area contributed by atoms with Crippen LogP contribution in [-0.4, -0.2) is 17.3 Å². The predicted molar refractivity (Wildman–Crippen MR) is 66.5 cm³/mol. The molecule has 86 valence electrons. The summed E-state index contributed by atoms with van der Waals surface area (Å²) in [4.78, 5) is 12.4. The normalized spacial score (nSPS) is 15.1. The average molecular weight is 236 g/mol. The highest BCUT2D eigenvalue weighted by atomic mass is 32.2. The Morgan fingerprint density at radius 2 is 2.19 bits per heavy atom. The van der Waals surface area contributed by atoms with Crippen molar-refractivity contribution in [1.82, 2.24) is 0 Å². The maximum atomic E-state index is 11.2. The molecule has 0 atom stereocenters. The largest absolute Gasteiger partial charge is 0.478 e. The Labute approximate surface area is 100 Å². The topological polar surface area (TPSA) is 37.3 Å². The van der Waals surface area contributed by atoms with Gasteiger partial charge in [-0.15, -0.1) is 11.8 Å². The van der Waals surface area contributed by atoms with Crippen molar-refractivity contribution in [3.63, 3.8) is 0 Å². The van der Waals surface area contributed by atoms with Gasteiger partial charge in [-0.25, -0.2) is 4.79 Å². The van der Waals surface area contributed by atoms with Crippen LogP contribution in [0, 0.1) is 0 Å². The second-order valence-corrected chi connectivity index (χ2v) is 4.97. The Kier molecular flexibility index (Phi) is 3.24. The third-order valence-electron chi connectivity index (χ3n) is 3.08. The van der Waals surface area contributed by atoms with Gasteiger partial charge in [-0.3, -0.25) is 0 Å². The highest BCUT2D eigenvalue weighted by molar-refractivity contribution is 7.98. The van der Waals surface area contributed by atoms with Crippen LogP contribution >= 0.6 is 11.8 Å². The molecule has 0 bridgehead atoms. The molecule has 1 aliphatic carbocycles. The molecule has 1 saturated carbocycles. The summed E-state index contributed by atoms with van der Waals surface area (Å²) in [7, 11) is 0. The number of carboxylic acids is 1. The van der Waals surface area contributed by atoms with Crippen molar-refractivity contribution in [3.8, 4) is 0 Å². The van der Waals surface area contributed by atoms with Gasteiger partial charge in [0.05, 0.1) is 5.56 Å². The predicted octanol–water partition coefficient (Wildman–Crippen LogP) is 3.55. The number of benzene rings is 1. The molecule has 1 aromatic carbocycles. The van der Waals surface area contributed by atoms with Crippen molar-refractivity contribution in [2.75, 3.05) is 6.26 Å². The Morgan fingerprint density at radius 1 is 1.50 bits per heavy atom. The molecule has 0 saturated heterocycles. The first kappa shape index (κ1) is 11.5. The van der Waals surface area contributed by atoms with Gasteiger partial charge >= 0.3 is 5.97 Å². The van der Waals surface area contributed by atoms with E-state index in [9.17, 15) is 9.90 Å². The molecule has 2 rings (SSSR count). The third-order valence-corrected chi connectivity index (χ3v) is 3.97. The quantitative estimate of drug-likeness (QED) is 0.812. The molecule has 0 spiro atoms. The van der Waals surface area contributed by atoms with Crippen LogP contribution in [0.25, 0.3) is 0 Å². The van der Waals surface area contributed by atoms with Crippen molar-refractivity contribution < 1.29 is 9.90 Å². The fraction of sp³-hybridized carbons (Fsp3) is 0.462. The number of carboxylic acid groups (broad SMARTS) is 1. The van der Waals surface area contributed by atoms with E-state index in [1.807, 2.05) is 12.3 Å². The number of aromatic carboxylic acids is 1. The number of aryl methyl sites for hydroxylation is 1. The van der Waals surface area contributed by atoms with Crippen LogP contribution in [0.3, 0.4) is 0 Å². The van der Waals surface area contributed by atoms with Crippen LogP contribution in [0.2, 0.25) is 0 Å². The van der Waals surface area contributed by atoms with Crippen LogP contribution in [0.5, 0.6) is 0 Å². The fourth-order valence-corrected chi connectivity index (χ4v) is 3.10. The lowest BCUT2D eigenvalue weighted by Gasteiger charge is -2.14. The van der Waals surface area contributed by atoms with Crippen LogP contribution in [0.4, 0.5) is 0 Å². The second kappa shape index (κ2) is 4.50. The lowest BCUT2D eigenvalue weighted by Crippen LogP contribution is -2.05. The molecule has 1 aliphatic rings. The molecule has 0 unspecified atom stereocenters. The van der Waals surface area contributed by atoms with Gasteiger partial charge in [-0.05, 0) is 48.6 Å². The summed E-state index contributed by atoms with van der Waals surface area (Å²) in [6.07, 6.45) is 5.28. The Morgan fingerprint density at radius 3 is 2.62 bits per heavy atom. The number of thioether (sulfide) groups is 1. The van der Waals surface area contributed by atoms with Gasteiger partial charge in [0.25, 0.3) is 0 Å². The van der Waals surface area contributed by atoms with Crippen molar-refractivity contribution >= 4 is 17.7 Å². The van der Waals surface area contributed by atoms with Crippen LogP contribution in [0.15, 0.2) is 17.0 Å². The lowest BCUT2D eigenvalue weighted by atomic mass is 9.99. The monoisotopic (exact) mass is 236 g/mol.